The molecule has 33 heavy (non-hydrogen) atoms. The molecule has 1 heterocycles. The van der Waals surface area contributed by atoms with Crippen LogP contribution in [0.2, 0.25) is 0 Å². The SMILES string of the molecule is COc1ccc(S(=O)(=O)N(C)c2ccc(C(=O)Nc3ccc4c(c3)sc(=O)n4C)cc2)cc1. The standard InChI is InChI=1S/C23H21N3O5S2/c1-25-20-13-6-16(14-21(20)32-23(25)28)24-22(27)15-4-7-17(8-5-15)26(2)33(29,30)19-11-9-18(31-3)10-12-19/h4-14H,1-3H3,(H,24,27). The molecule has 0 aliphatic heterocycles. The minimum atomic E-state index is -3.77. The average molecular weight is 484 g/mol. The molecule has 1 amide bonds. The van der Waals surface area contributed by atoms with Gasteiger partial charge in [-0.3, -0.25) is 13.9 Å². The van der Waals surface area contributed by atoms with Crippen LogP contribution in [0.3, 0.4) is 0 Å². The lowest BCUT2D eigenvalue weighted by molar-refractivity contribution is 0.102. The van der Waals surface area contributed by atoms with Crippen molar-refractivity contribution in [1.29, 1.82) is 0 Å². The number of aryl methyl sites for hydroxylation is 1. The average Bonchev–Trinajstić information content (AvgIpc) is 3.11. The van der Waals surface area contributed by atoms with Crippen molar-refractivity contribution >= 4 is 48.9 Å². The van der Waals surface area contributed by atoms with Crippen molar-refractivity contribution in [3.05, 3.63) is 82.0 Å². The zero-order valence-corrected chi connectivity index (χ0v) is 19.7. The zero-order valence-electron chi connectivity index (χ0n) is 18.1. The second kappa shape index (κ2) is 8.72. The minimum absolute atomic E-state index is 0.0715. The number of hydrogen-bond acceptors (Lipinski definition) is 6. The van der Waals surface area contributed by atoms with E-state index in [2.05, 4.69) is 5.32 Å². The Hall–Kier alpha value is -3.63. The van der Waals surface area contributed by atoms with E-state index in [1.165, 1.54) is 26.3 Å². The van der Waals surface area contributed by atoms with Gasteiger partial charge in [0.05, 0.1) is 27.9 Å². The van der Waals surface area contributed by atoms with E-state index in [9.17, 15) is 18.0 Å². The Morgan fingerprint density at radius 2 is 1.70 bits per heavy atom. The Balaban J connectivity index is 1.51. The molecule has 4 rings (SSSR count). The van der Waals surface area contributed by atoms with Crippen LogP contribution in [0.25, 0.3) is 10.2 Å². The van der Waals surface area contributed by atoms with Crippen LogP contribution in [-0.4, -0.2) is 33.0 Å². The third kappa shape index (κ3) is 4.35. The fourth-order valence-electron chi connectivity index (χ4n) is 3.28. The summed E-state index contributed by atoms with van der Waals surface area (Å²) in [4.78, 5) is 24.5. The molecule has 0 aliphatic rings. The number of benzene rings is 3. The predicted molar refractivity (Wildman–Crippen MR) is 130 cm³/mol. The molecule has 0 atom stereocenters. The number of methoxy groups -OCH3 is 1. The molecule has 3 aromatic carbocycles. The first-order valence-corrected chi connectivity index (χ1v) is 12.1. The van der Waals surface area contributed by atoms with Gasteiger partial charge in [0.2, 0.25) is 0 Å². The number of aromatic nitrogens is 1. The fourth-order valence-corrected chi connectivity index (χ4v) is 5.40. The highest BCUT2D eigenvalue weighted by molar-refractivity contribution is 7.92. The summed E-state index contributed by atoms with van der Waals surface area (Å²) >= 11 is 1.11. The van der Waals surface area contributed by atoms with Crippen molar-refractivity contribution < 1.29 is 17.9 Å². The monoisotopic (exact) mass is 483 g/mol. The molecule has 0 bridgehead atoms. The molecule has 1 N–H and O–H groups in total. The summed E-state index contributed by atoms with van der Waals surface area (Å²) in [7, 11) is 0.895. The fraction of sp³-hybridized carbons (Fsp3) is 0.130. The van der Waals surface area contributed by atoms with Gasteiger partial charge in [0.1, 0.15) is 5.75 Å². The van der Waals surface area contributed by atoms with Crippen LogP contribution >= 0.6 is 11.3 Å². The summed E-state index contributed by atoms with van der Waals surface area (Å²) in [6.45, 7) is 0. The third-order valence-corrected chi connectivity index (χ3v) is 8.06. The van der Waals surface area contributed by atoms with Gasteiger partial charge in [-0.1, -0.05) is 11.3 Å². The number of nitrogens with one attached hydrogen (secondary N) is 1. The summed E-state index contributed by atoms with van der Waals surface area (Å²) in [6, 6.07) is 17.7. The minimum Gasteiger partial charge on any atom is -0.497 e. The molecular formula is C23H21N3O5S2. The third-order valence-electron chi connectivity index (χ3n) is 5.26. The van der Waals surface area contributed by atoms with E-state index >= 15 is 0 Å². The van der Waals surface area contributed by atoms with Gasteiger partial charge in [0.15, 0.2) is 0 Å². The lowest BCUT2D eigenvalue weighted by Crippen LogP contribution is -2.26. The summed E-state index contributed by atoms with van der Waals surface area (Å²) in [5.74, 6) is 0.220. The largest absolute Gasteiger partial charge is 0.497 e. The first kappa shape index (κ1) is 22.6. The molecule has 1 aromatic heterocycles. The number of anilines is 2. The summed E-state index contributed by atoms with van der Waals surface area (Å²) in [6.07, 6.45) is 0. The van der Waals surface area contributed by atoms with Gasteiger partial charge in [-0.25, -0.2) is 8.42 Å². The summed E-state index contributed by atoms with van der Waals surface area (Å²) in [5.41, 5.74) is 2.15. The quantitative estimate of drug-likeness (QED) is 0.451. The number of nitrogens with zero attached hydrogens (tertiary/aromatic N) is 2. The maximum Gasteiger partial charge on any atom is 0.307 e. The number of thiazole rings is 1. The number of carbonyl (C=O) groups excluding carboxylic acids is 1. The lowest BCUT2D eigenvalue weighted by atomic mass is 10.2. The molecule has 8 nitrogen and oxygen atoms in total. The van der Waals surface area contributed by atoms with Gasteiger partial charge >= 0.3 is 4.87 Å². The Labute approximate surface area is 194 Å². The van der Waals surface area contributed by atoms with Crippen LogP contribution in [0.4, 0.5) is 11.4 Å². The van der Waals surface area contributed by atoms with Gasteiger partial charge in [-0.2, -0.15) is 0 Å². The molecule has 4 aromatic rings. The van der Waals surface area contributed by atoms with Crippen molar-refractivity contribution in [2.75, 3.05) is 23.8 Å². The highest BCUT2D eigenvalue weighted by atomic mass is 32.2. The molecule has 10 heteroatoms. The van der Waals surface area contributed by atoms with Crippen molar-refractivity contribution in [3.8, 4) is 5.75 Å². The van der Waals surface area contributed by atoms with E-state index in [0.717, 1.165) is 25.9 Å². The van der Waals surface area contributed by atoms with E-state index in [4.69, 9.17) is 4.74 Å². The maximum absolute atomic E-state index is 12.9. The molecule has 0 aliphatic carbocycles. The smallest absolute Gasteiger partial charge is 0.307 e. The molecule has 0 radical (unpaired) electrons. The molecule has 170 valence electrons. The normalized spacial score (nSPS) is 11.4. The molecular weight excluding hydrogens is 462 g/mol. The van der Waals surface area contributed by atoms with Gasteiger partial charge in [-0.05, 0) is 66.7 Å². The number of ether oxygens (including phenoxy) is 1. The highest BCUT2D eigenvalue weighted by Crippen LogP contribution is 2.25. The van der Waals surface area contributed by atoms with E-state index in [1.54, 1.807) is 66.2 Å². The topological polar surface area (TPSA) is 97.7 Å². The number of carbonyl (C=O) groups is 1. The van der Waals surface area contributed by atoms with Crippen molar-refractivity contribution in [2.45, 2.75) is 4.90 Å². The Kier molecular flexibility index (Phi) is 5.96. The number of rotatable bonds is 6. The van der Waals surface area contributed by atoms with Crippen LogP contribution in [0, 0.1) is 0 Å². The van der Waals surface area contributed by atoms with Gasteiger partial charge in [0, 0.05) is 25.3 Å². The van der Waals surface area contributed by atoms with Gasteiger partial charge in [0.25, 0.3) is 15.9 Å². The van der Waals surface area contributed by atoms with E-state index < -0.39 is 10.0 Å². The van der Waals surface area contributed by atoms with Crippen LogP contribution in [0.5, 0.6) is 5.75 Å². The van der Waals surface area contributed by atoms with E-state index in [-0.39, 0.29) is 15.7 Å². The van der Waals surface area contributed by atoms with Gasteiger partial charge < -0.3 is 14.6 Å². The highest BCUT2D eigenvalue weighted by Gasteiger charge is 2.21. The maximum atomic E-state index is 12.9. The van der Waals surface area contributed by atoms with Crippen LogP contribution < -0.4 is 19.2 Å². The number of hydrogen-bond donors (Lipinski definition) is 1. The molecule has 0 spiro atoms. The second-order valence-corrected chi connectivity index (χ2v) is 10.2. The lowest BCUT2D eigenvalue weighted by Gasteiger charge is -2.20. The van der Waals surface area contributed by atoms with E-state index in [0.29, 0.717) is 22.7 Å². The van der Waals surface area contributed by atoms with Crippen LogP contribution in [0.1, 0.15) is 10.4 Å². The number of fused-ring (bicyclic) bond motifs is 1. The molecule has 0 saturated heterocycles. The zero-order chi connectivity index (χ0) is 23.8. The van der Waals surface area contributed by atoms with Crippen LogP contribution in [0.15, 0.2) is 76.4 Å². The Morgan fingerprint density at radius 3 is 2.33 bits per heavy atom. The van der Waals surface area contributed by atoms with Crippen molar-refractivity contribution in [3.63, 3.8) is 0 Å². The first-order valence-electron chi connectivity index (χ1n) is 9.84. The Morgan fingerprint density at radius 1 is 1.03 bits per heavy atom. The van der Waals surface area contributed by atoms with Crippen molar-refractivity contribution in [1.82, 2.24) is 4.57 Å². The first-order chi connectivity index (χ1) is 15.7. The number of amides is 1. The molecule has 0 saturated carbocycles. The van der Waals surface area contributed by atoms with Crippen molar-refractivity contribution in [2.24, 2.45) is 7.05 Å². The van der Waals surface area contributed by atoms with Crippen LogP contribution in [-0.2, 0) is 17.1 Å². The molecule has 0 fully saturated rings. The molecule has 0 unspecified atom stereocenters. The summed E-state index contributed by atoms with van der Waals surface area (Å²) < 4.78 is 34.4. The number of sulfonamides is 1. The second-order valence-electron chi connectivity index (χ2n) is 7.26. The predicted octanol–water partition coefficient (Wildman–Crippen LogP) is 3.69. The summed E-state index contributed by atoms with van der Waals surface area (Å²) in [5, 5.41) is 2.81. The Bertz CT molecular complexity index is 1490. The van der Waals surface area contributed by atoms with E-state index in [1.807, 2.05) is 0 Å². The van der Waals surface area contributed by atoms with Gasteiger partial charge in [-0.15, -0.1) is 0 Å².